The number of para-hydroxylation sites is 1. The van der Waals surface area contributed by atoms with Gasteiger partial charge in [0.1, 0.15) is 0 Å². The Bertz CT molecular complexity index is 884. The van der Waals surface area contributed by atoms with E-state index < -0.39 is 0 Å². The first kappa shape index (κ1) is 18.0. The van der Waals surface area contributed by atoms with E-state index in [2.05, 4.69) is 62.6 Å². The van der Waals surface area contributed by atoms with Gasteiger partial charge in [-0.05, 0) is 60.2 Å². The second-order valence-electron chi connectivity index (χ2n) is 7.11. The second kappa shape index (κ2) is 7.61. The van der Waals surface area contributed by atoms with E-state index in [1.807, 2.05) is 30.3 Å². The quantitative estimate of drug-likeness (QED) is 0.633. The van der Waals surface area contributed by atoms with Crippen molar-refractivity contribution >= 4 is 17.3 Å². The number of hydrogen-bond donors (Lipinski definition) is 2. The minimum absolute atomic E-state index is 0.0456. The number of fused-ring (bicyclic) bond motifs is 1. The molecule has 0 unspecified atom stereocenters. The number of benzene rings is 1. The SMILES string of the molecule is Cc1cc(NC(=O)CNc2ccccc2)c2c(C)ccc(C(C)C)cc1-2. The third-order valence-electron chi connectivity index (χ3n) is 4.72. The molecule has 0 heterocycles. The lowest BCUT2D eigenvalue weighted by molar-refractivity contribution is -0.114. The van der Waals surface area contributed by atoms with Crippen LogP contribution in [-0.4, -0.2) is 12.5 Å². The first-order valence-electron chi connectivity index (χ1n) is 9.08. The molecule has 0 radical (unpaired) electrons. The van der Waals surface area contributed by atoms with Gasteiger partial charge in [-0.3, -0.25) is 4.79 Å². The Morgan fingerprint density at radius 3 is 2.38 bits per heavy atom. The van der Waals surface area contributed by atoms with E-state index in [9.17, 15) is 4.79 Å². The topological polar surface area (TPSA) is 41.1 Å². The number of rotatable bonds is 5. The van der Waals surface area contributed by atoms with Gasteiger partial charge < -0.3 is 10.6 Å². The molecule has 0 atom stereocenters. The van der Waals surface area contributed by atoms with Gasteiger partial charge in [0.15, 0.2) is 0 Å². The highest BCUT2D eigenvalue weighted by Gasteiger charge is 2.17. The number of aryl methyl sites for hydroxylation is 2. The molecular weight excluding hydrogens is 320 g/mol. The summed E-state index contributed by atoms with van der Waals surface area (Å²) < 4.78 is 0. The van der Waals surface area contributed by atoms with Crippen molar-refractivity contribution in [3.8, 4) is 11.1 Å². The van der Waals surface area contributed by atoms with Crippen LogP contribution in [0.1, 0.15) is 36.5 Å². The summed E-state index contributed by atoms with van der Waals surface area (Å²) in [4.78, 5) is 12.4. The lowest BCUT2D eigenvalue weighted by Crippen LogP contribution is -2.21. The number of amides is 1. The van der Waals surface area contributed by atoms with E-state index in [-0.39, 0.29) is 12.5 Å². The third-order valence-corrected chi connectivity index (χ3v) is 4.72. The average Bonchev–Trinajstić information content (AvgIpc) is 2.80. The Hall–Kier alpha value is -2.81. The molecule has 3 heteroatoms. The number of carbonyl (C=O) groups is 1. The normalized spacial score (nSPS) is 11.0. The van der Waals surface area contributed by atoms with Crippen molar-refractivity contribution in [2.24, 2.45) is 0 Å². The largest absolute Gasteiger partial charge is 0.376 e. The monoisotopic (exact) mass is 346 g/mol. The summed E-state index contributed by atoms with van der Waals surface area (Å²) in [5.74, 6) is 0.420. The molecule has 1 aromatic carbocycles. The van der Waals surface area contributed by atoms with Crippen molar-refractivity contribution in [2.75, 3.05) is 17.2 Å². The van der Waals surface area contributed by atoms with E-state index in [0.29, 0.717) is 5.92 Å². The van der Waals surface area contributed by atoms with E-state index >= 15 is 0 Å². The summed E-state index contributed by atoms with van der Waals surface area (Å²) in [5, 5.41) is 6.23. The van der Waals surface area contributed by atoms with Gasteiger partial charge in [0, 0.05) is 16.9 Å². The van der Waals surface area contributed by atoms with Crippen LogP contribution in [0, 0.1) is 13.8 Å². The molecule has 0 aromatic heterocycles. The Morgan fingerprint density at radius 1 is 0.962 bits per heavy atom. The van der Waals surface area contributed by atoms with Crippen LogP contribution in [0.15, 0.2) is 54.6 Å². The summed E-state index contributed by atoms with van der Waals surface area (Å²) in [6.07, 6.45) is 0. The van der Waals surface area contributed by atoms with Gasteiger partial charge in [-0.25, -0.2) is 0 Å². The van der Waals surface area contributed by atoms with E-state index in [0.717, 1.165) is 16.9 Å². The average molecular weight is 346 g/mol. The van der Waals surface area contributed by atoms with Crippen LogP contribution in [0.25, 0.3) is 11.1 Å². The van der Waals surface area contributed by atoms with Crippen LogP contribution >= 0.6 is 0 Å². The molecule has 2 aliphatic rings. The van der Waals surface area contributed by atoms with Crippen LogP contribution in [0.3, 0.4) is 0 Å². The van der Waals surface area contributed by atoms with Crippen molar-refractivity contribution in [2.45, 2.75) is 33.6 Å². The molecule has 1 aromatic rings. The number of anilines is 2. The van der Waals surface area contributed by atoms with Gasteiger partial charge in [-0.1, -0.05) is 50.2 Å². The first-order chi connectivity index (χ1) is 12.5. The van der Waals surface area contributed by atoms with E-state index in [1.165, 1.54) is 22.3 Å². The Labute approximate surface area is 155 Å². The Balaban J connectivity index is 1.82. The van der Waals surface area contributed by atoms with Crippen LogP contribution in [0.5, 0.6) is 0 Å². The maximum atomic E-state index is 12.4. The summed E-state index contributed by atoms with van der Waals surface area (Å²) in [6.45, 7) is 8.85. The van der Waals surface area contributed by atoms with Gasteiger partial charge in [-0.2, -0.15) is 0 Å². The fourth-order valence-electron chi connectivity index (χ4n) is 3.23. The highest BCUT2D eigenvalue weighted by atomic mass is 16.1. The van der Waals surface area contributed by atoms with Gasteiger partial charge in [0.05, 0.1) is 6.54 Å². The first-order valence-corrected chi connectivity index (χ1v) is 9.08. The maximum Gasteiger partial charge on any atom is 0.243 e. The van der Waals surface area contributed by atoms with Crippen LogP contribution in [0.2, 0.25) is 0 Å². The molecular formula is C23H26N2O. The smallest absolute Gasteiger partial charge is 0.243 e. The van der Waals surface area contributed by atoms with E-state index in [4.69, 9.17) is 0 Å². The maximum absolute atomic E-state index is 12.4. The Kier molecular flexibility index (Phi) is 5.27. The van der Waals surface area contributed by atoms with Gasteiger partial charge >= 0.3 is 0 Å². The van der Waals surface area contributed by atoms with Crippen molar-refractivity contribution < 1.29 is 4.79 Å². The van der Waals surface area contributed by atoms with Crippen molar-refractivity contribution in [3.63, 3.8) is 0 Å². The fourth-order valence-corrected chi connectivity index (χ4v) is 3.23. The van der Waals surface area contributed by atoms with Crippen molar-refractivity contribution in [3.05, 3.63) is 71.3 Å². The molecule has 2 N–H and O–H groups in total. The molecule has 0 bridgehead atoms. The summed E-state index contributed by atoms with van der Waals surface area (Å²) in [6, 6.07) is 18.4. The highest BCUT2D eigenvalue weighted by molar-refractivity contribution is 6.00. The standard InChI is InChI=1S/C23H26N2O/c1-15(2)18-11-10-16(3)23-20(13-18)17(4)12-21(23)25-22(26)14-24-19-8-6-5-7-9-19/h5-13,15,24H,14H2,1-4H3,(H,25,26). The molecule has 1 amide bonds. The minimum Gasteiger partial charge on any atom is -0.376 e. The summed E-state index contributed by atoms with van der Waals surface area (Å²) >= 11 is 0. The zero-order chi connectivity index (χ0) is 18.7. The molecule has 0 saturated heterocycles. The van der Waals surface area contributed by atoms with Crippen LogP contribution in [0.4, 0.5) is 11.4 Å². The molecule has 26 heavy (non-hydrogen) atoms. The van der Waals surface area contributed by atoms with Gasteiger partial charge in [0.2, 0.25) is 5.91 Å². The molecule has 0 saturated carbocycles. The number of nitrogens with one attached hydrogen (secondary N) is 2. The zero-order valence-corrected chi connectivity index (χ0v) is 15.9. The summed E-state index contributed by atoms with van der Waals surface area (Å²) in [5.41, 5.74) is 7.83. The van der Waals surface area contributed by atoms with Crippen molar-refractivity contribution in [1.29, 1.82) is 0 Å². The summed E-state index contributed by atoms with van der Waals surface area (Å²) in [7, 11) is 0. The fraction of sp³-hybridized carbons (Fsp3) is 0.261. The lowest BCUT2D eigenvalue weighted by atomic mass is 10.0. The minimum atomic E-state index is -0.0456. The second-order valence-corrected chi connectivity index (χ2v) is 7.11. The van der Waals surface area contributed by atoms with E-state index in [1.54, 1.807) is 0 Å². The highest BCUT2D eigenvalue weighted by Crippen LogP contribution is 2.39. The molecule has 0 spiro atoms. The van der Waals surface area contributed by atoms with Crippen LogP contribution < -0.4 is 10.6 Å². The molecule has 134 valence electrons. The van der Waals surface area contributed by atoms with Crippen molar-refractivity contribution in [1.82, 2.24) is 0 Å². The van der Waals surface area contributed by atoms with Gasteiger partial charge in [-0.15, -0.1) is 0 Å². The molecule has 0 aliphatic heterocycles. The number of hydrogen-bond acceptors (Lipinski definition) is 2. The predicted molar refractivity (Wildman–Crippen MR) is 110 cm³/mol. The zero-order valence-electron chi connectivity index (χ0n) is 15.9. The molecule has 3 nitrogen and oxygen atoms in total. The molecule has 3 rings (SSSR count). The molecule has 0 fully saturated rings. The predicted octanol–water partition coefficient (Wildman–Crippen LogP) is 5.58. The third kappa shape index (κ3) is 3.88. The van der Waals surface area contributed by atoms with Gasteiger partial charge in [0.25, 0.3) is 0 Å². The Morgan fingerprint density at radius 2 is 1.69 bits per heavy atom. The number of carbonyl (C=O) groups excluding carboxylic acids is 1. The lowest BCUT2D eigenvalue weighted by Gasteiger charge is -2.09. The molecule has 2 aliphatic carbocycles. The van der Waals surface area contributed by atoms with Crippen LogP contribution in [-0.2, 0) is 4.79 Å².